The highest BCUT2D eigenvalue weighted by atomic mass is 16.6. The number of para-hydroxylation sites is 2. The predicted molar refractivity (Wildman–Crippen MR) is 126 cm³/mol. The molecule has 8 heteroatoms. The maximum absolute atomic E-state index is 13.0. The fraction of sp³-hybridized carbons (Fsp3) is 0.385. The van der Waals surface area contributed by atoms with E-state index in [-0.39, 0.29) is 26.2 Å². The van der Waals surface area contributed by atoms with Gasteiger partial charge in [0, 0.05) is 13.0 Å². The van der Waals surface area contributed by atoms with E-state index in [0.717, 1.165) is 22.4 Å². The molecule has 34 heavy (non-hydrogen) atoms. The third kappa shape index (κ3) is 4.95. The van der Waals surface area contributed by atoms with Crippen molar-refractivity contribution in [1.29, 1.82) is 0 Å². The fourth-order valence-electron chi connectivity index (χ4n) is 3.95. The van der Waals surface area contributed by atoms with Crippen molar-refractivity contribution in [3.63, 3.8) is 0 Å². The third-order valence-electron chi connectivity index (χ3n) is 5.52. The number of rotatable bonds is 10. The second-order valence-electron chi connectivity index (χ2n) is 7.80. The molecule has 0 fully saturated rings. The van der Waals surface area contributed by atoms with E-state index in [0.29, 0.717) is 12.1 Å². The van der Waals surface area contributed by atoms with Gasteiger partial charge in [-0.3, -0.25) is 14.4 Å². The van der Waals surface area contributed by atoms with Crippen LogP contribution in [0.15, 0.2) is 48.5 Å². The van der Waals surface area contributed by atoms with E-state index >= 15 is 0 Å². The number of aryl methyl sites for hydroxylation is 1. The molecule has 0 amide bonds. The molecule has 0 bridgehead atoms. The van der Waals surface area contributed by atoms with E-state index in [1.165, 1.54) is 0 Å². The second kappa shape index (κ2) is 11.0. The van der Waals surface area contributed by atoms with Crippen LogP contribution in [0.4, 0.5) is 0 Å². The van der Waals surface area contributed by atoms with Crippen LogP contribution in [0.3, 0.4) is 0 Å². The quantitative estimate of drug-likeness (QED) is 0.256. The highest BCUT2D eigenvalue weighted by Crippen LogP contribution is 2.30. The van der Waals surface area contributed by atoms with Gasteiger partial charge in [-0.2, -0.15) is 0 Å². The van der Waals surface area contributed by atoms with Crippen LogP contribution >= 0.6 is 0 Å². The zero-order valence-corrected chi connectivity index (χ0v) is 20.0. The number of ether oxygens (including phenoxy) is 3. The number of imidazole rings is 1. The lowest BCUT2D eigenvalue weighted by atomic mass is 9.81. The highest BCUT2D eigenvalue weighted by Gasteiger charge is 2.57. The molecule has 0 atom stereocenters. The fourth-order valence-corrected chi connectivity index (χ4v) is 3.95. The smallest absolute Gasteiger partial charge is 0.335 e. The number of aromatic nitrogens is 2. The standard InChI is InChI=1S/C26H30N2O6/c1-5-32-23(29)26(24(30)33-6-2,25(31)34-7-3)16-19-11-10-12-20(15-19)17-28-18(4)27-21-13-8-9-14-22(21)28/h8-15H,5-7,16-17H2,1-4H3. The van der Waals surface area contributed by atoms with E-state index in [9.17, 15) is 14.4 Å². The molecule has 0 spiro atoms. The summed E-state index contributed by atoms with van der Waals surface area (Å²) in [4.78, 5) is 43.6. The molecule has 0 aliphatic heterocycles. The average molecular weight is 467 g/mol. The van der Waals surface area contributed by atoms with Gasteiger partial charge in [0.1, 0.15) is 5.82 Å². The first kappa shape index (κ1) is 25.0. The van der Waals surface area contributed by atoms with Crippen molar-refractivity contribution in [3.8, 4) is 0 Å². The minimum absolute atomic E-state index is 0.00636. The number of hydrogen-bond donors (Lipinski definition) is 0. The van der Waals surface area contributed by atoms with Crippen molar-refractivity contribution in [2.75, 3.05) is 19.8 Å². The summed E-state index contributed by atoms with van der Waals surface area (Å²) in [6.45, 7) is 7.32. The van der Waals surface area contributed by atoms with Crippen molar-refractivity contribution in [2.24, 2.45) is 5.41 Å². The first-order chi connectivity index (χ1) is 16.4. The lowest BCUT2D eigenvalue weighted by Gasteiger charge is -2.27. The molecule has 0 saturated heterocycles. The Morgan fingerprint density at radius 1 is 0.824 bits per heavy atom. The van der Waals surface area contributed by atoms with Gasteiger partial charge in [0.15, 0.2) is 0 Å². The number of esters is 3. The molecule has 1 heterocycles. The van der Waals surface area contributed by atoms with Crippen LogP contribution in [0.1, 0.15) is 37.7 Å². The van der Waals surface area contributed by atoms with Gasteiger partial charge in [-0.05, 0) is 51.0 Å². The summed E-state index contributed by atoms with van der Waals surface area (Å²) in [5, 5.41) is 0. The molecule has 0 aliphatic carbocycles. The van der Waals surface area contributed by atoms with E-state index in [4.69, 9.17) is 14.2 Å². The summed E-state index contributed by atoms with van der Waals surface area (Å²) in [6.07, 6.45) is -0.235. The highest BCUT2D eigenvalue weighted by molar-refractivity contribution is 6.18. The van der Waals surface area contributed by atoms with E-state index in [2.05, 4.69) is 9.55 Å². The van der Waals surface area contributed by atoms with Gasteiger partial charge < -0.3 is 18.8 Å². The molecule has 3 rings (SSSR count). The van der Waals surface area contributed by atoms with Crippen LogP contribution < -0.4 is 0 Å². The molecular formula is C26H30N2O6. The second-order valence-corrected chi connectivity index (χ2v) is 7.80. The zero-order chi connectivity index (χ0) is 24.7. The molecule has 1 aromatic heterocycles. The van der Waals surface area contributed by atoms with Crippen LogP contribution in [0.2, 0.25) is 0 Å². The maximum Gasteiger partial charge on any atom is 0.335 e. The van der Waals surface area contributed by atoms with Gasteiger partial charge in [0.25, 0.3) is 5.41 Å². The first-order valence-electron chi connectivity index (χ1n) is 11.4. The molecule has 3 aromatic rings. The largest absolute Gasteiger partial charge is 0.465 e. The van der Waals surface area contributed by atoms with Crippen LogP contribution in [-0.2, 0) is 41.6 Å². The Morgan fingerprint density at radius 3 is 1.97 bits per heavy atom. The molecule has 0 aliphatic rings. The van der Waals surface area contributed by atoms with Gasteiger partial charge in [0.2, 0.25) is 0 Å². The molecule has 0 unspecified atom stereocenters. The van der Waals surface area contributed by atoms with Crippen molar-refractivity contribution < 1.29 is 28.6 Å². The zero-order valence-electron chi connectivity index (χ0n) is 20.0. The number of nitrogens with zero attached hydrogens (tertiary/aromatic N) is 2. The number of fused-ring (bicyclic) bond motifs is 1. The van der Waals surface area contributed by atoms with Gasteiger partial charge in [-0.15, -0.1) is 0 Å². The summed E-state index contributed by atoms with van der Waals surface area (Å²) in [6, 6.07) is 15.3. The van der Waals surface area contributed by atoms with Crippen molar-refractivity contribution in [1.82, 2.24) is 9.55 Å². The molecule has 8 nitrogen and oxygen atoms in total. The van der Waals surface area contributed by atoms with E-state index in [1.54, 1.807) is 26.8 Å². The monoisotopic (exact) mass is 466 g/mol. The molecule has 0 saturated carbocycles. The van der Waals surface area contributed by atoms with Gasteiger partial charge >= 0.3 is 17.9 Å². The Kier molecular flexibility index (Phi) is 8.04. The minimum Gasteiger partial charge on any atom is -0.465 e. The number of benzene rings is 2. The molecule has 0 radical (unpaired) electrons. The van der Waals surface area contributed by atoms with Crippen LogP contribution in [0.25, 0.3) is 11.0 Å². The van der Waals surface area contributed by atoms with Crippen molar-refractivity contribution >= 4 is 28.9 Å². The summed E-state index contributed by atoms with van der Waals surface area (Å²) < 4.78 is 17.5. The van der Waals surface area contributed by atoms with Crippen LogP contribution in [-0.4, -0.2) is 47.3 Å². The Labute approximate surface area is 198 Å². The summed E-state index contributed by atoms with van der Waals surface area (Å²) >= 11 is 0. The lowest BCUT2D eigenvalue weighted by molar-refractivity contribution is -0.183. The Balaban J connectivity index is 2.00. The molecule has 180 valence electrons. The summed E-state index contributed by atoms with van der Waals surface area (Å²) in [5.41, 5.74) is 1.20. The molecule has 0 N–H and O–H groups in total. The van der Waals surface area contributed by atoms with Gasteiger partial charge in [0.05, 0.1) is 30.9 Å². The first-order valence-corrected chi connectivity index (χ1v) is 11.4. The topological polar surface area (TPSA) is 96.7 Å². The molecular weight excluding hydrogens is 436 g/mol. The maximum atomic E-state index is 13.0. The Hall–Kier alpha value is -3.68. The Morgan fingerprint density at radius 2 is 1.38 bits per heavy atom. The lowest BCUT2D eigenvalue weighted by Crippen LogP contribution is -2.51. The third-order valence-corrected chi connectivity index (χ3v) is 5.52. The molecule has 2 aromatic carbocycles. The SMILES string of the molecule is CCOC(=O)C(Cc1cccc(Cn2c(C)nc3ccccc32)c1)(C(=O)OCC)C(=O)OCC. The predicted octanol–water partition coefficient (Wildman–Crippen LogP) is 3.61. The van der Waals surface area contributed by atoms with Gasteiger partial charge in [-0.25, -0.2) is 4.98 Å². The van der Waals surface area contributed by atoms with Crippen LogP contribution in [0.5, 0.6) is 0 Å². The number of hydrogen-bond acceptors (Lipinski definition) is 7. The van der Waals surface area contributed by atoms with Crippen molar-refractivity contribution in [3.05, 3.63) is 65.5 Å². The number of carbonyl (C=O) groups excluding carboxylic acids is 3. The van der Waals surface area contributed by atoms with Crippen LogP contribution in [0, 0.1) is 12.3 Å². The van der Waals surface area contributed by atoms with Gasteiger partial charge in [-0.1, -0.05) is 36.4 Å². The normalized spacial score (nSPS) is 11.3. The Bertz CT molecular complexity index is 1140. The minimum atomic E-state index is -2.24. The average Bonchev–Trinajstić information content (AvgIpc) is 3.13. The van der Waals surface area contributed by atoms with E-state index < -0.39 is 23.3 Å². The summed E-state index contributed by atoms with van der Waals surface area (Å²) in [5.74, 6) is -2.07. The summed E-state index contributed by atoms with van der Waals surface area (Å²) in [7, 11) is 0. The van der Waals surface area contributed by atoms with E-state index in [1.807, 2.05) is 49.4 Å². The van der Waals surface area contributed by atoms with Crippen molar-refractivity contribution in [2.45, 2.75) is 40.7 Å². The number of carbonyl (C=O) groups is 3.